The van der Waals surface area contributed by atoms with Gasteiger partial charge < -0.3 is 13.3 Å². The van der Waals surface area contributed by atoms with Crippen molar-refractivity contribution in [3.63, 3.8) is 0 Å². The maximum atomic E-state index is 9.92. The zero-order chi connectivity index (χ0) is 20.9. The maximum absolute atomic E-state index is 9.92. The van der Waals surface area contributed by atoms with Gasteiger partial charge in [0.2, 0.25) is 0 Å². The van der Waals surface area contributed by atoms with Gasteiger partial charge in [-0.15, -0.1) is 0 Å². The molecule has 0 spiro atoms. The van der Waals surface area contributed by atoms with Crippen LogP contribution in [-0.4, -0.2) is 29.0 Å². The number of unbranched alkanes of at least 4 members (excludes halogenated alkanes) is 10. The van der Waals surface area contributed by atoms with E-state index >= 15 is 0 Å². The Morgan fingerprint density at radius 3 is 1.39 bits per heavy atom. The van der Waals surface area contributed by atoms with Crippen LogP contribution in [0.25, 0.3) is 0 Å². The summed E-state index contributed by atoms with van der Waals surface area (Å²) in [6.07, 6.45) is 14.9. The molecule has 0 aromatic heterocycles. The van der Waals surface area contributed by atoms with Crippen molar-refractivity contribution >= 4 is 32.7 Å². The van der Waals surface area contributed by atoms with Gasteiger partial charge in [-0.25, -0.2) is 0 Å². The molecule has 0 amide bonds. The largest absolute Gasteiger partial charge is 0.332 e. The molecule has 28 heavy (non-hydrogen) atoms. The highest BCUT2D eigenvalue weighted by Crippen LogP contribution is 2.40. The summed E-state index contributed by atoms with van der Waals surface area (Å²) in [5, 5.41) is 0. The van der Waals surface area contributed by atoms with Crippen molar-refractivity contribution in [3.8, 4) is 0 Å². The first kappa shape index (κ1) is 28.9. The van der Waals surface area contributed by atoms with Gasteiger partial charge in [-0.05, 0) is 26.7 Å². The van der Waals surface area contributed by atoms with Gasteiger partial charge in [-0.3, -0.25) is 9.05 Å². The van der Waals surface area contributed by atoms with Crippen LogP contribution in [0.15, 0.2) is 0 Å². The van der Waals surface area contributed by atoms with E-state index in [2.05, 4.69) is 13.8 Å². The minimum Gasteiger partial charge on any atom is -0.328 e. The third-order valence-electron chi connectivity index (χ3n) is 4.05. The van der Waals surface area contributed by atoms with E-state index in [9.17, 15) is 4.89 Å². The van der Waals surface area contributed by atoms with E-state index in [-0.39, 0.29) is 10.9 Å². The lowest BCUT2D eigenvalue weighted by atomic mass is 10.1. The summed E-state index contributed by atoms with van der Waals surface area (Å²) >= 11 is 2.50. The molecule has 0 aliphatic carbocycles. The Balaban J connectivity index is 3.48. The van der Waals surface area contributed by atoms with E-state index < -0.39 is 8.60 Å². The van der Waals surface area contributed by atoms with Crippen molar-refractivity contribution < 1.29 is 22.3 Å². The van der Waals surface area contributed by atoms with Crippen LogP contribution >= 0.6 is 32.7 Å². The minimum atomic E-state index is -1.93. The van der Waals surface area contributed by atoms with Crippen LogP contribution in [0.1, 0.15) is 105 Å². The topological polar surface area (TPSA) is 57.2 Å². The first-order valence-electron chi connectivity index (χ1n) is 11.0. The predicted molar refractivity (Wildman–Crippen MR) is 124 cm³/mol. The van der Waals surface area contributed by atoms with Crippen LogP contribution < -0.4 is 0 Å². The predicted octanol–water partition coefficient (Wildman–Crippen LogP) is 7.98. The average Bonchev–Trinajstić information content (AvgIpc) is 2.65. The van der Waals surface area contributed by atoms with Crippen LogP contribution in [0.5, 0.6) is 0 Å². The second kappa shape index (κ2) is 22.6. The second-order valence-electron chi connectivity index (χ2n) is 6.96. The fourth-order valence-corrected chi connectivity index (χ4v) is 4.58. The van der Waals surface area contributed by atoms with Gasteiger partial charge in [-0.1, -0.05) is 78.1 Å². The number of hydrogen-bond acceptors (Lipinski definition) is 7. The third kappa shape index (κ3) is 21.6. The summed E-state index contributed by atoms with van der Waals surface area (Å²) in [6.45, 7) is 9.59. The standard InChI is InChI=1S/C20H43O5PS2/c1-5-7-9-11-13-15-17-22-27-19(3)24-26(21)25-20(4)28-23-18-16-14-12-10-8-6-2/h19-21H,5-18H2,1-4H3. The fourth-order valence-electron chi connectivity index (χ4n) is 2.48. The Hall–Kier alpha value is 0.930. The van der Waals surface area contributed by atoms with E-state index in [1.807, 2.05) is 13.8 Å². The zero-order valence-electron chi connectivity index (χ0n) is 18.4. The van der Waals surface area contributed by atoms with E-state index in [4.69, 9.17) is 17.4 Å². The lowest BCUT2D eigenvalue weighted by Crippen LogP contribution is -2.06. The van der Waals surface area contributed by atoms with Crippen molar-refractivity contribution in [2.75, 3.05) is 13.2 Å². The number of rotatable bonds is 22. The lowest BCUT2D eigenvalue weighted by molar-refractivity contribution is 0.180. The molecule has 170 valence electrons. The summed E-state index contributed by atoms with van der Waals surface area (Å²) < 4.78 is 21.9. The smallest absolute Gasteiger partial charge is 0.328 e. The first-order chi connectivity index (χ1) is 13.6. The van der Waals surface area contributed by atoms with E-state index in [0.717, 1.165) is 12.8 Å². The number of hydrogen-bond donors (Lipinski definition) is 1. The van der Waals surface area contributed by atoms with Gasteiger partial charge in [0.25, 0.3) is 0 Å². The molecule has 1 N–H and O–H groups in total. The highest BCUT2D eigenvalue weighted by atomic mass is 32.2. The Labute approximate surface area is 183 Å². The van der Waals surface area contributed by atoms with Gasteiger partial charge >= 0.3 is 8.60 Å². The third-order valence-corrected chi connectivity index (χ3v) is 6.67. The summed E-state index contributed by atoms with van der Waals surface area (Å²) in [5.41, 5.74) is -0.533. The Kier molecular flexibility index (Phi) is 23.4. The van der Waals surface area contributed by atoms with Crippen molar-refractivity contribution in [3.05, 3.63) is 0 Å². The zero-order valence-corrected chi connectivity index (χ0v) is 20.9. The molecular weight excluding hydrogens is 415 g/mol. The molecule has 0 radical (unpaired) electrons. The monoisotopic (exact) mass is 458 g/mol. The van der Waals surface area contributed by atoms with Crippen molar-refractivity contribution in [2.45, 2.75) is 116 Å². The normalized spacial score (nSPS) is 14.9. The van der Waals surface area contributed by atoms with Gasteiger partial charge in [0, 0.05) is 24.1 Å². The summed E-state index contributed by atoms with van der Waals surface area (Å²) in [6, 6.07) is 0. The van der Waals surface area contributed by atoms with Crippen LogP contribution in [0, 0.1) is 0 Å². The quantitative estimate of drug-likeness (QED) is 0.0763. The highest BCUT2D eigenvalue weighted by Gasteiger charge is 2.17. The molecule has 0 aromatic rings. The molecular formula is C20H43O5PS2. The van der Waals surface area contributed by atoms with E-state index in [1.165, 1.54) is 88.3 Å². The molecule has 0 fully saturated rings. The van der Waals surface area contributed by atoms with E-state index in [0.29, 0.717) is 13.2 Å². The van der Waals surface area contributed by atoms with Crippen LogP contribution in [0.2, 0.25) is 0 Å². The highest BCUT2D eigenvalue weighted by molar-refractivity contribution is 7.95. The molecule has 0 saturated heterocycles. The Bertz CT molecular complexity index is 288. The first-order valence-corrected chi connectivity index (χ1v) is 13.7. The lowest BCUT2D eigenvalue weighted by Gasteiger charge is -2.18. The summed E-state index contributed by atoms with van der Waals surface area (Å²) in [4.78, 5) is 9.92. The van der Waals surface area contributed by atoms with Crippen LogP contribution in [0.3, 0.4) is 0 Å². The molecule has 0 bridgehead atoms. The molecule has 0 heterocycles. The second-order valence-corrected chi connectivity index (χ2v) is 10.0. The molecule has 0 aromatic carbocycles. The molecule has 0 saturated carbocycles. The van der Waals surface area contributed by atoms with E-state index in [1.54, 1.807) is 0 Å². The Morgan fingerprint density at radius 1 is 0.643 bits per heavy atom. The average molecular weight is 459 g/mol. The van der Waals surface area contributed by atoms with Gasteiger partial charge in [0.1, 0.15) is 10.9 Å². The molecule has 8 heteroatoms. The fraction of sp³-hybridized carbons (Fsp3) is 1.00. The Morgan fingerprint density at radius 2 is 1.00 bits per heavy atom. The van der Waals surface area contributed by atoms with Crippen molar-refractivity contribution in [1.29, 1.82) is 0 Å². The van der Waals surface area contributed by atoms with Gasteiger partial charge in [-0.2, -0.15) is 0 Å². The minimum absolute atomic E-state index is 0.266. The molecule has 0 aliphatic heterocycles. The van der Waals surface area contributed by atoms with Crippen LogP contribution in [-0.2, 0) is 17.4 Å². The maximum Gasteiger partial charge on any atom is 0.332 e. The van der Waals surface area contributed by atoms with Gasteiger partial charge in [0.05, 0.1) is 13.2 Å². The van der Waals surface area contributed by atoms with Crippen LogP contribution in [0.4, 0.5) is 0 Å². The summed E-state index contributed by atoms with van der Waals surface area (Å²) in [5.74, 6) is 0. The molecule has 5 nitrogen and oxygen atoms in total. The van der Waals surface area contributed by atoms with Gasteiger partial charge in [0.15, 0.2) is 0 Å². The SMILES string of the molecule is CCCCCCCCOSC(C)OP(O)OC(C)SOCCCCCCCC. The molecule has 2 atom stereocenters. The van der Waals surface area contributed by atoms with Crippen molar-refractivity contribution in [1.82, 2.24) is 0 Å². The molecule has 2 unspecified atom stereocenters. The van der Waals surface area contributed by atoms with Crippen molar-refractivity contribution in [2.24, 2.45) is 0 Å². The molecule has 0 rings (SSSR count). The molecule has 0 aliphatic rings. The summed E-state index contributed by atoms with van der Waals surface area (Å²) in [7, 11) is -1.93.